The van der Waals surface area contributed by atoms with Crippen LogP contribution in [0.15, 0.2) is 0 Å². The van der Waals surface area contributed by atoms with Gasteiger partial charge in [0.2, 0.25) is 0 Å². The Morgan fingerprint density at radius 2 is 1.80 bits per heavy atom. The number of hydrogen-bond acceptors (Lipinski definition) is 6. The van der Waals surface area contributed by atoms with Gasteiger partial charge in [-0.05, 0) is 0 Å². The van der Waals surface area contributed by atoms with Crippen LogP contribution in [-0.4, -0.2) is 47.3 Å². The van der Waals surface area contributed by atoms with Gasteiger partial charge in [0.1, 0.15) is 12.1 Å². The summed E-state index contributed by atoms with van der Waals surface area (Å²) in [5, 5.41) is 16.7. The SMILES string of the molecule is N[C@H](C(=O)O)[C@@H](CC(=O)O)OS(=O)(=O)O. The molecule has 0 spiro atoms. The highest BCUT2D eigenvalue weighted by Gasteiger charge is 2.31. The Morgan fingerprint density at radius 1 is 1.33 bits per heavy atom. The van der Waals surface area contributed by atoms with E-state index in [1.54, 1.807) is 0 Å². The summed E-state index contributed by atoms with van der Waals surface area (Å²) in [5.74, 6) is -3.16. The molecule has 0 unspecified atom stereocenters. The molecule has 15 heavy (non-hydrogen) atoms. The van der Waals surface area contributed by atoms with Crippen LogP contribution in [0.3, 0.4) is 0 Å². The van der Waals surface area contributed by atoms with E-state index in [9.17, 15) is 18.0 Å². The molecule has 0 saturated heterocycles. The second-order valence-corrected chi connectivity index (χ2v) is 3.57. The lowest BCUT2D eigenvalue weighted by molar-refractivity contribution is -0.143. The summed E-state index contributed by atoms with van der Waals surface area (Å²) in [7, 11) is -4.95. The molecule has 0 fully saturated rings. The van der Waals surface area contributed by atoms with Crippen LogP contribution in [0.2, 0.25) is 0 Å². The summed E-state index contributed by atoms with van der Waals surface area (Å²) >= 11 is 0. The second kappa shape index (κ2) is 5.02. The van der Waals surface area contributed by atoms with Gasteiger partial charge in [0.05, 0.1) is 6.42 Å². The van der Waals surface area contributed by atoms with E-state index in [1.807, 2.05) is 0 Å². The molecular weight excluding hydrogens is 234 g/mol. The molecule has 10 heteroatoms. The summed E-state index contributed by atoms with van der Waals surface area (Å²) in [4.78, 5) is 20.6. The van der Waals surface area contributed by atoms with Crippen LogP contribution in [0.1, 0.15) is 6.42 Å². The lowest BCUT2D eigenvalue weighted by Gasteiger charge is -2.16. The third kappa shape index (κ3) is 5.96. The number of carboxylic acids is 2. The maximum atomic E-state index is 10.3. The van der Waals surface area contributed by atoms with Crippen LogP contribution in [-0.2, 0) is 24.2 Å². The lowest BCUT2D eigenvalue weighted by atomic mass is 10.1. The maximum Gasteiger partial charge on any atom is 0.397 e. The van der Waals surface area contributed by atoms with E-state index >= 15 is 0 Å². The van der Waals surface area contributed by atoms with Gasteiger partial charge in [-0.1, -0.05) is 0 Å². The van der Waals surface area contributed by atoms with Crippen molar-refractivity contribution in [3.05, 3.63) is 0 Å². The van der Waals surface area contributed by atoms with E-state index in [-0.39, 0.29) is 0 Å². The van der Waals surface area contributed by atoms with Crippen LogP contribution in [0.5, 0.6) is 0 Å². The minimum Gasteiger partial charge on any atom is -0.481 e. The fourth-order valence-electron chi connectivity index (χ4n) is 0.708. The van der Waals surface area contributed by atoms with Crippen molar-refractivity contribution < 1.29 is 37.0 Å². The molecule has 0 aliphatic carbocycles. The van der Waals surface area contributed by atoms with Crippen molar-refractivity contribution in [2.24, 2.45) is 5.73 Å². The zero-order valence-electron chi connectivity index (χ0n) is 7.23. The minimum atomic E-state index is -4.95. The molecule has 2 atom stereocenters. The van der Waals surface area contributed by atoms with Crippen molar-refractivity contribution in [3.63, 3.8) is 0 Å². The first kappa shape index (κ1) is 13.8. The van der Waals surface area contributed by atoms with Crippen LogP contribution >= 0.6 is 0 Å². The van der Waals surface area contributed by atoms with E-state index in [0.717, 1.165) is 0 Å². The third-order valence-corrected chi connectivity index (χ3v) is 1.80. The Morgan fingerprint density at radius 3 is 2.07 bits per heavy atom. The van der Waals surface area contributed by atoms with Crippen molar-refractivity contribution in [1.82, 2.24) is 0 Å². The summed E-state index contributed by atoms with van der Waals surface area (Å²) in [6.45, 7) is 0. The fourth-order valence-corrected chi connectivity index (χ4v) is 1.21. The van der Waals surface area contributed by atoms with Gasteiger partial charge in [-0.15, -0.1) is 0 Å². The van der Waals surface area contributed by atoms with Crippen molar-refractivity contribution in [2.45, 2.75) is 18.6 Å². The van der Waals surface area contributed by atoms with Crippen molar-refractivity contribution in [1.29, 1.82) is 0 Å². The molecule has 0 rings (SSSR count). The summed E-state index contributed by atoms with van der Waals surface area (Å²) in [5.41, 5.74) is 4.95. The zero-order chi connectivity index (χ0) is 12.2. The molecule has 0 amide bonds. The smallest absolute Gasteiger partial charge is 0.397 e. The van der Waals surface area contributed by atoms with Gasteiger partial charge in [0.25, 0.3) is 0 Å². The Bertz CT molecular complexity index is 348. The Hall–Kier alpha value is -1.23. The first-order chi connectivity index (χ1) is 6.63. The van der Waals surface area contributed by atoms with E-state index in [0.29, 0.717) is 0 Å². The van der Waals surface area contributed by atoms with Gasteiger partial charge in [0.15, 0.2) is 0 Å². The average molecular weight is 243 g/mol. The maximum absolute atomic E-state index is 10.3. The van der Waals surface area contributed by atoms with Gasteiger partial charge in [-0.2, -0.15) is 8.42 Å². The zero-order valence-corrected chi connectivity index (χ0v) is 8.05. The van der Waals surface area contributed by atoms with Gasteiger partial charge >= 0.3 is 22.3 Å². The molecule has 0 aliphatic heterocycles. The molecule has 0 aliphatic rings. The third-order valence-electron chi connectivity index (χ3n) is 1.31. The van der Waals surface area contributed by atoms with Crippen molar-refractivity contribution in [3.8, 4) is 0 Å². The molecule has 0 bridgehead atoms. The Balaban J connectivity index is 4.73. The number of carbonyl (C=O) groups is 2. The number of nitrogens with two attached hydrogens (primary N) is 1. The van der Waals surface area contributed by atoms with Gasteiger partial charge in [0, 0.05) is 0 Å². The van der Waals surface area contributed by atoms with E-state index in [1.165, 1.54) is 0 Å². The number of aliphatic carboxylic acids is 2. The molecule has 0 aromatic carbocycles. The van der Waals surface area contributed by atoms with E-state index < -0.39 is 40.9 Å². The number of carboxylic acid groups (broad SMARTS) is 2. The standard InChI is InChI=1S/C5H9NO8S/c6-4(5(9)10)2(1-3(7)8)14-15(11,12)13/h2,4H,1,6H2,(H,7,8)(H,9,10)(H,11,12,13)/t2-,4+/m1/s1. The molecule has 0 radical (unpaired) electrons. The molecule has 5 N–H and O–H groups in total. The van der Waals surface area contributed by atoms with Gasteiger partial charge in [-0.3, -0.25) is 14.1 Å². The first-order valence-corrected chi connectivity index (χ1v) is 4.86. The molecule has 88 valence electrons. The fraction of sp³-hybridized carbons (Fsp3) is 0.600. The second-order valence-electron chi connectivity index (χ2n) is 2.52. The van der Waals surface area contributed by atoms with Crippen LogP contribution in [0.25, 0.3) is 0 Å². The first-order valence-electron chi connectivity index (χ1n) is 3.49. The summed E-state index contributed by atoms with van der Waals surface area (Å²) in [6, 6.07) is -1.87. The molecular formula is C5H9NO8S. The largest absolute Gasteiger partial charge is 0.481 e. The predicted octanol–water partition coefficient (Wildman–Crippen LogP) is -1.94. The summed E-state index contributed by atoms with van der Waals surface area (Å²) in [6.07, 6.45) is -2.83. The molecule has 0 aromatic heterocycles. The van der Waals surface area contributed by atoms with Crippen molar-refractivity contribution >= 4 is 22.3 Å². The topological polar surface area (TPSA) is 164 Å². The van der Waals surface area contributed by atoms with Gasteiger partial charge in [-0.25, -0.2) is 4.18 Å². The lowest BCUT2D eigenvalue weighted by Crippen LogP contribution is -2.45. The average Bonchev–Trinajstić information content (AvgIpc) is 1.97. The van der Waals surface area contributed by atoms with Gasteiger partial charge < -0.3 is 15.9 Å². The summed E-state index contributed by atoms with van der Waals surface area (Å²) < 4.78 is 32.5. The quantitative estimate of drug-likeness (QED) is 0.388. The van der Waals surface area contributed by atoms with Crippen LogP contribution < -0.4 is 5.73 Å². The van der Waals surface area contributed by atoms with E-state index in [4.69, 9.17) is 20.5 Å². The van der Waals surface area contributed by atoms with E-state index in [2.05, 4.69) is 4.18 Å². The molecule has 0 heterocycles. The molecule has 9 nitrogen and oxygen atoms in total. The minimum absolute atomic E-state index is 0.965. The van der Waals surface area contributed by atoms with Crippen LogP contribution in [0, 0.1) is 0 Å². The molecule has 0 aromatic rings. The normalized spacial score (nSPS) is 15.6. The molecule has 0 saturated carbocycles. The number of hydrogen-bond donors (Lipinski definition) is 4. The number of rotatable bonds is 6. The highest BCUT2D eigenvalue weighted by atomic mass is 32.3. The monoisotopic (exact) mass is 243 g/mol. The highest BCUT2D eigenvalue weighted by molar-refractivity contribution is 7.80. The van der Waals surface area contributed by atoms with Crippen LogP contribution in [0.4, 0.5) is 0 Å². The Kier molecular flexibility index (Phi) is 4.61. The Labute approximate surface area is 84.4 Å². The highest BCUT2D eigenvalue weighted by Crippen LogP contribution is 2.07. The predicted molar refractivity (Wildman–Crippen MR) is 44.3 cm³/mol. The van der Waals surface area contributed by atoms with Crippen molar-refractivity contribution in [2.75, 3.05) is 0 Å².